The fourth-order valence-electron chi connectivity index (χ4n) is 4.80. The summed E-state index contributed by atoms with van der Waals surface area (Å²) < 4.78 is 11.2. The molecule has 0 bridgehead atoms. The SMILES string of the molecule is CCOc1ccc(CN2CCc3nc(N4CCN(c5ccccc5)CC4)ncc3C2)cc1OC. The van der Waals surface area contributed by atoms with E-state index in [4.69, 9.17) is 19.4 Å². The van der Waals surface area contributed by atoms with Crippen LogP contribution in [0, 0.1) is 0 Å². The summed E-state index contributed by atoms with van der Waals surface area (Å²) >= 11 is 0. The third-order valence-electron chi connectivity index (χ3n) is 6.62. The quantitative estimate of drug-likeness (QED) is 0.533. The summed E-state index contributed by atoms with van der Waals surface area (Å²) in [4.78, 5) is 16.9. The zero-order valence-corrected chi connectivity index (χ0v) is 20.1. The molecule has 0 radical (unpaired) electrons. The highest BCUT2D eigenvalue weighted by Crippen LogP contribution is 2.29. The molecule has 2 aliphatic rings. The number of fused-ring (bicyclic) bond motifs is 1. The van der Waals surface area contributed by atoms with Crippen LogP contribution in [0.25, 0.3) is 0 Å². The Morgan fingerprint density at radius 1 is 0.912 bits per heavy atom. The predicted molar refractivity (Wildman–Crippen MR) is 135 cm³/mol. The van der Waals surface area contributed by atoms with Gasteiger partial charge in [0.25, 0.3) is 0 Å². The van der Waals surface area contributed by atoms with E-state index in [9.17, 15) is 0 Å². The van der Waals surface area contributed by atoms with Crippen LogP contribution in [-0.2, 0) is 19.5 Å². The maximum absolute atomic E-state index is 5.65. The Hall–Kier alpha value is -3.32. The number of aromatic nitrogens is 2. The topological polar surface area (TPSA) is 54.0 Å². The number of ether oxygens (including phenoxy) is 2. The van der Waals surface area contributed by atoms with Crippen molar-refractivity contribution in [3.05, 3.63) is 71.5 Å². The van der Waals surface area contributed by atoms with Gasteiger partial charge in [-0.05, 0) is 36.8 Å². The first-order valence-corrected chi connectivity index (χ1v) is 12.2. The molecular weight excluding hydrogens is 426 g/mol. The van der Waals surface area contributed by atoms with Crippen LogP contribution in [0.5, 0.6) is 11.5 Å². The molecule has 2 aromatic carbocycles. The van der Waals surface area contributed by atoms with Gasteiger partial charge >= 0.3 is 0 Å². The molecule has 5 rings (SSSR count). The van der Waals surface area contributed by atoms with Gasteiger partial charge in [0, 0.05) is 69.7 Å². The van der Waals surface area contributed by atoms with E-state index in [1.807, 2.05) is 19.2 Å². The van der Waals surface area contributed by atoms with E-state index in [-0.39, 0.29) is 0 Å². The first kappa shape index (κ1) is 22.5. The molecule has 3 aromatic rings. The predicted octanol–water partition coefficient (Wildman–Crippen LogP) is 3.77. The number of rotatable bonds is 7. The van der Waals surface area contributed by atoms with E-state index < -0.39 is 0 Å². The average Bonchev–Trinajstić information content (AvgIpc) is 2.90. The first-order valence-electron chi connectivity index (χ1n) is 12.2. The third kappa shape index (κ3) is 4.94. The van der Waals surface area contributed by atoms with Gasteiger partial charge in [0.1, 0.15) is 0 Å². The number of anilines is 2. The van der Waals surface area contributed by atoms with E-state index in [1.165, 1.54) is 22.5 Å². The van der Waals surface area contributed by atoms with Gasteiger partial charge in [-0.3, -0.25) is 4.90 Å². The number of para-hydroxylation sites is 1. The summed E-state index contributed by atoms with van der Waals surface area (Å²) in [6, 6.07) is 16.8. The van der Waals surface area contributed by atoms with Gasteiger partial charge in [0.2, 0.25) is 5.95 Å². The lowest BCUT2D eigenvalue weighted by molar-refractivity contribution is 0.242. The van der Waals surface area contributed by atoms with Gasteiger partial charge in [-0.15, -0.1) is 0 Å². The van der Waals surface area contributed by atoms with E-state index in [0.717, 1.165) is 69.7 Å². The highest BCUT2D eigenvalue weighted by atomic mass is 16.5. The highest BCUT2D eigenvalue weighted by Gasteiger charge is 2.23. The summed E-state index contributed by atoms with van der Waals surface area (Å²) in [5, 5.41) is 0. The van der Waals surface area contributed by atoms with Gasteiger partial charge < -0.3 is 19.3 Å². The lowest BCUT2D eigenvalue weighted by atomic mass is 10.1. The van der Waals surface area contributed by atoms with E-state index in [1.54, 1.807) is 7.11 Å². The summed E-state index contributed by atoms with van der Waals surface area (Å²) in [6.45, 7) is 9.20. The minimum atomic E-state index is 0.628. The standard InChI is InChI=1S/C27H33N5O2/c1-3-34-25-10-9-21(17-26(25)33-2)19-30-12-11-24-22(20-30)18-28-27(29-24)32-15-13-31(14-16-32)23-7-5-4-6-8-23/h4-10,17-18H,3,11-16,19-20H2,1-2H3. The second-order valence-corrected chi connectivity index (χ2v) is 8.83. The van der Waals surface area contributed by atoms with E-state index in [2.05, 4.69) is 57.2 Å². The Kier molecular flexibility index (Phi) is 6.81. The van der Waals surface area contributed by atoms with Crippen LogP contribution in [0.4, 0.5) is 11.6 Å². The van der Waals surface area contributed by atoms with Crippen LogP contribution >= 0.6 is 0 Å². The zero-order valence-electron chi connectivity index (χ0n) is 20.1. The van der Waals surface area contributed by atoms with Crippen molar-refractivity contribution in [1.82, 2.24) is 14.9 Å². The van der Waals surface area contributed by atoms with Crippen LogP contribution in [0.15, 0.2) is 54.7 Å². The molecule has 0 aliphatic carbocycles. The van der Waals surface area contributed by atoms with Gasteiger partial charge in [0.05, 0.1) is 19.4 Å². The smallest absolute Gasteiger partial charge is 0.225 e. The summed E-state index contributed by atoms with van der Waals surface area (Å²) in [5.74, 6) is 2.46. The lowest BCUT2D eigenvalue weighted by Crippen LogP contribution is -2.47. The van der Waals surface area contributed by atoms with Crippen LogP contribution < -0.4 is 19.3 Å². The summed E-state index contributed by atoms with van der Waals surface area (Å²) in [6.07, 6.45) is 2.98. The Bertz CT molecular complexity index is 1100. The summed E-state index contributed by atoms with van der Waals surface area (Å²) in [5.41, 5.74) is 4.93. The van der Waals surface area contributed by atoms with Crippen molar-refractivity contribution in [2.45, 2.75) is 26.4 Å². The Balaban J connectivity index is 1.20. The molecule has 2 aliphatic heterocycles. The van der Waals surface area contributed by atoms with E-state index >= 15 is 0 Å². The number of piperazine rings is 1. The molecule has 1 aromatic heterocycles. The molecule has 34 heavy (non-hydrogen) atoms. The molecule has 0 amide bonds. The second-order valence-electron chi connectivity index (χ2n) is 8.83. The number of hydrogen-bond donors (Lipinski definition) is 0. The Labute approximate surface area is 201 Å². The molecular formula is C27H33N5O2. The molecule has 1 fully saturated rings. The Morgan fingerprint density at radius 3 is 2.47 bits per heavy atom. The number of nitrogens with zero attached hydrogens (tertiary/aromatic N) is 5. The molecule has 3 heterocycles. The zero-order chi connectivity index (χ0) is 23.3. The first-order chi connectivity index (χ1) is 16.7. The van der Waals surface area contributed by atoms with E-state index in [0.29, 0.717) is 6.61 Å². The van der Waals surface area contributed by atoms with Gasteiger partial charge in [0.15, 0.2) is 11.5 Å². The van der Waals surface area contributed by atoms with Crippen molar-refractivity contribution in [2.24, 2.45) is 0 Å². The molecule has 7 heteroatoms. The molecule has 0 spiro atoms. The van der Waals surface area contributed by atoms with Gasteiger partial charge in [-0.2, -0.15) is 0 Å². The highest BCUT2D eigenvalue weighted by molar-refractivity contribution is 5.48. The van der Waals surface area contributed by atoms with Crippen molar-refractivity contribution in [2.75, 3.05) is 56.2 Å². The van der Waals surface area contributed by atoms with Crippen LogP contribution in [-0.4, -0.2) is 61.3 Å². The summed E-state index contributed by atoms with van der Waals surface area (Å²) in [7, 11) is 1.69. The largest absolute Gasteiger partial charge is 0.493 e. The average molecular weight is 460 g/mol. The number of methoxy groups -OCH3 is 1. The monoisotopic (exact) mass is 459 g/mol. The third-order valence-corrected chi connectivity index (χ3v) is 6.62. The minimum absolute atomic E-state index is 0.628. The molecule has 0 unspecified atom stereocenters. The fraction of sp³-hybridized carbons (Fsp3) is 0.407. The minimum Gasteiger partial charge on any atom is -0.493 e. The molecule has 0 N–H and O–H groups in total. The molecule has 0 saturated carbocycles. The van der Waals surface area contributed by atoms with Crippen LogP contribution in [0.1, 0.15) is 23.7 Å². The normalized spacial score (nSPS) is 16.3. The van der Waals surface area contributed by atoms with Crippen molar-refractivity contribution in [1.29, 1.82) is 0 Å². The van der Waals surface area contributed by atoms with Crippen molar-refractivity contribution < 1.29 is 9.47 Å². The molecule has 0 atom stereocenters. The lowest BCUT2D eigenvalue weighted by Gasteiger charge is -2.36. The maximum Gasteiger partial charge on any atom is 0.225 e. The maximum atomic E-state index is 5.65. The Morgan fingerprint density at radius 2 is 1.71 bits per heavy atom. The van der Waals surface area contributed by atoms with Crippen molar-refractivity contribution in [3.8, 4) is 11.5 Å². The second kappa shape index (κ2) is 10.3. The van der Waals surface area contributed by atoms with Gasteiger partial charge in [-0.1, -0.05) is 24.3 Å². The molecule has 178 valence electrons. The number of hydrogen-bond acceptors (Lipinski definition) is 7. The molecule has 7 nitrogen and oxygen atoms in total. The van der Waals surface area contributed by atoms with Crippen molar-refractivity contribution in [3.63, 3.8) is 0 Å². The van der Waals surface area contributed by atoms with Gasteiger partial charge in [-0.25, -0.2) is 9.97 Å². The fourth-order valence-corrected chi connectivity index (χ4v) is 4.80. The van der Waals surface area contributed by atoms with Crippen molar-refractivity contribution >= 4 is 11.6 Å². The molecule has 1 saturated heterocycles. The van der Waals surface area contributed by atoms with Crippen LogP contribution in [0.3, 0.4) is 0 Å². The number of benzene rings is 2. The van der Waals surface area contributed by atoms with Crippen LogP contribution in [0.2, 0.25) is 0 Å².